The molecule has 7 nitrogen and oxygen atoms in total. The number of hydrogen-bond acceptors (Lipinski definition) is 6. The normalized spacial score (nSPS) is 19.4. The minimum absolute atomic E-state index is 0.109. The topological polar surface area (TPSA) is 83.0 Å². The van der Waals surface area contributed by atoms with Crippen molar-refractivity contribution in [2.45, 2.75) is 6.04 Å². The summed E-state index contributed by atoms with van der Waals surface area (Å²) < 4.78 is 19.6. The molecule has 3 aromatic rings. The van der Waals surface area contributed by atoms with Gasteiger partial charge in [0.05, 0.1) is 23.5 Å². The molecule has 1 saturated heterocycles. The molecule has 33 heavy (non-hydrogen) atoms. The Kier molecular flexibility index (Phi) is 5.05. The van der Waals surface area contributed by atoms with Gasteiger partial charge < -0.3 is 14.7 Å². The molecule has 1 aromatic heterocycles. The van der Waals surface area contributed by atoms with Crippen molar-refractivity contribution in [2.24, 2.45) is 0 Å². The molecular weight excluding hydrogens is 425 g/mol. The van der Waals surface area contributed by atoms with Crippen LogP contribution in [0, 0.1) is 5.82 Å². The van der Waals surface area contributed by atoms with E-state index in [1.54, 1.807) is 36.4 Å². The Hall–Kier alpha value is -4.20. The first-order valence-corrected chi connectivity index (χ1v) is 10.4. The van der Waals surface area contributed by atoms with E-state index in [-0.39, 0.29) is 17.0 Å². The monoisotopic (exact) mass is 445 g/mol. The SMILES string of the molecule is CN1CCOc2ccc(/C(O)=C3/C(=O)C(=O)N(c4cccc(F)c4)C3c3ccccn3)cc21. The van der Waals surface area contributed by atoms with Crippen LogP contribution in [0.4, 0.5) is 15.8 Å². The van der Waals surface area contributed by atoms with E-state index in [1.807, 2.05) is 11.9 Å². The van der Waals surface area contributed by atoms with Crippen LogP contribution >= 0.6 is 0 Å². The maximum absolute atomic E-state index is 14.0. The van der Waals surface area contributed by atoms with Gasteiger partial charge in [0.25, 0.3) is 11.7 Å². The van der Waals surface area contributed by atoms with Crippen molar-refractivity contribution in [1.29, 1.82) is 0 Å². The van der Waals surface area contributed by atoms with Crippen molar-refractivity contribution in [2.75, 3.05) is 30.0 Å². The molecule has 2 aromatic carbocycles. The zero-order valence-electron chi connectivity index (χ0n) is 17.7. The number of ketones is 1. The highest BCUT2D eigenvalue weighted by molar-refractivity contribution is 6.51. The third-order valence-corrected chi connectivity index (χ3v) is 5.83. The average Bonchev–Trinajstić information content (AvgIpc) is 3.10. The largest absolute Gasteiger partial charge is 0.507 e. The summed E-state index contributed by atoms with van der Waals surface area (Å²) >= 11 is 0. The third-order valence-electron chi connectivity index (χ3n) is 5.83. The number of carbonyl (C=O) groups is 2. The van der Waals surface area contributed by atoms with Gasteiger partial charge in [-0.25, -0.2) is 4.39 Å². The lowest BCUT2D eigenvalue weighted by atomic mass is 9.97. The van der Waals surface area contributed by atoms with E-state index in [9.17, 15) is 19.1 Å². The quantitative estimate of drug-likeness (QED) is 0.376. The molecule has 0 aliphatic carbocycles. The second kappa shape index (κ2) is 8.05. The van der Waals surface area contributed by atoms with Crippen LogP contribution in [0.15, 0.2) is 72.4 Å². The first kappa shape index (κ1) is 20.7. The van der Waals surface area contributed by atoms with Gasteiger partial charge in [-0.05, 0) is 48.5 Å². The molecule has 8 heteroatoms. The molecule has 0 saturated carbocycles. The summed E-state index contributed by atoms with van der Waals surface area (Å²) in [6.45, 7) is 1.22. The van der Waals surface area contributed by atoms with Gasteiger partial charge in [-0.1, -0.05) is 12.1 Å². The Labute approximate surface area is 189 Å². The lowest BCUT2D eigenvalue weighted by Gasteiger charge is -2.28. The van der Waals surface area contributed by atoms with E-state index < -0.39 is 23.5 Å². The van der Waals surface area contributed by atoms with Crippen LogP contribution in [0.3, 0.4) is 0 Å². The fraction of sp³-hybridized carbons (Fsp3) is 0.160. The van der Waals surface area contributed by atoms with Crippen LogP contribution in [0.25, 0.3) is 5.76 Å². The number of rotatable bonds is 3. The van der Waals surface area contributed by atoms with Crippen LogP contribution < -0.4 is 14.5 Å². The van der Waals surface area contributed by atoms with Gasteiger partial charge in [0.1, 0.15) is 30.0 Å². The number of likely N-dealkylation sites (N-methyl/N-ethyl adjacent to an activating group) is 1. The Balaban J connectivity index is 1.70. The van der Waals surface area contributed by atoms with Gasteiger partial charge >= 0.3 is 0 Å². The molecule has 2 aliphatic heterocycles. The first-order valence-electron chi connectivity index (χ1n) is 10.4. The summed E-state index contributed by atoms with van der Waals surface area (Å²) in [6.07, 6.45) is 1.53. The molecule has 0 radical (unpaired) electrons. The van der Waals surface area contributed by atoms with E-state index in [1.165, 1.54) is 35.4 Å². The molecule has 1 unspecified atom stereocenters. The van der Waals surface area contributed by atoms with Crippen molar-refractivity contribution >= 4 is 28.8 Å². The van der Waals surface area contributed by atoms with E-state index >= 15 is 0 Å². The smallest absolute Gasteiger partial charge is 0.300 e. The van der Waals surface area contributed by atoms with Crippen molar-refractivity contribution in [3.8, 4) is 5.75 Å². The molecule has 5 rings (SSSR count). The summed E-state index contributed by atoms with van der Waals surface area (Å²) in [4.78, 5) is 33.7. The Morgan fingerprint density at radius 3 is 2.73 bits per heavy atom. The number of carbonyl (C=O) groups excluding carboxylic acids is 2. The molecule has 0 bridgehead atoms. The average molecular weight is 445 g/mol. The standard InChI is InChI=1S/C25H20FN3O4/c1-28-11-12-33-20-9-8-15(13-19(20)28)23(30)21-22(18-7-2-3-10-27-18)29(25(32)24(21)31)17-6-4-5-16(26)14-17/h2-10,13-14,22,30H,11-12H2,1H3/b23-21-. The number of aromatic nitrogens is 1. The molecule has 1 atom stereocenters. The summed E-state index contributed by atoms with van der Waals surface area (Å²) in [5, 5.41) is 11.3. The fourth-order valence-corrected chi connectivity index (χ4v) is 4.20. The number of anilines is 2. The summed E-state index contributed by atoms with van der Waals surface area (Å²) in [7, 11) is 1.90. The third kappa shape index (κ3) is 3.49. The van der Waals surface area contributed by atoms with Gasteiger partial charge in [-0.15, -0.1) is 0 Å². The zero-order valence-corrected chi connectivity index (χ0v) is 17.7. The van der Waals surface area contributed by atoms with Gasteiger partial charge in [0, 0.05) is 24.5 Å². The number of aliphatic hydroxyl groups excluding tert-OH is 1. The van der Waals surface area contributed by atoms with E-state index in [0.717, 1.165) is 5.69 Å². The molecule has 2 aliphatic rings. The van der Waals surface area contributed by atoms with Crippen molar-refractivity contribution in [1.82, 2.24) is 4.98 Å². The summed E-state index contributed by atoms with van der Waals surface area (Å²) in [6, 6.07) is 14.6. The molecule has 1 amide bonds. The Morgan fingerprint density at radius 2 is 1.97 bits per heavy atom. The lowest BCUT2D eigenvalue weighted by Crippen LogP contribution is -2.29. The molecule has 0 spiro atoms. The van der Waals surface area contributed by atoms with Gasteiger partial charge in [-0.3, -0.25) is 19.5 Å². The summed E-state index contributed by atoms with van der Waals surface area (Å²) in [5.41, 5.74) is 1.59. The van der Waals surface area contributed by atoms with Crippen LogP contribution in [0.2, 0.25) is 0 Å². The number of fused-ring (bicyclic) bond motifs is 1. The van der Waals surface area contributed by atoms with Crippen LogP contribution in [-0.2, 0) is 9.59 Å². The predicted molar refractivity (Wildman–Crippen MR) is 121 cm³/mol. The molecule has 3 heterocycles. The molecule has 1 N–H and O–H groups in total. The minimum Gasteiger partial charge on any atom is -0.507 e. The van der Waals surface area contributed by atoms with Crippen molar-refractivity contribution in [3.05, 3.63) is 89.5 Å². The number of pyridine rings is 1. The minimum atomic E-state index is -1.02. The maximum Gasteiger partial charge on any atom is 0.300 e. The van der Waals surface area contributed by atoms with E-state index in [2.05, 4.69) is 4.98 Å². The number of nitrogens with zero attached hydrogens (tertiary/aromatic N) is 3. The highest BCUT2D eigenvalue weighted by atomic mass is 19.1. The van der Waals surface area contributed by atoms with Gasteiger partial charge in [0.2, 0.25) is 0 Å². The second-order valence-electron chi connectivity index (χ2n) is 7.86. The number of hydrogen-bond donors (Lipinski definition) is 1. The number of halogens is 1. The highest BCUT2D eigenvalue weighted by Gasteiger charge is 2.47. The summed E-state index contributed by atoms with van der Waals surface area (Å²) in [5.74, 6) is -1.94. The molecule has 1 fully saturated rings. The number of aliphatic hydroxyl groups is 1. The van der Waals surface area contributed by atoms with Crippen molar-refractivity contribution < 1.29 is 23.8 Å². The van der Waals surface area contributed by atoms with Crippen LogP contribution in [0.1, 0.15) is 17.3 Å². The maximum atomic E-state index is 14.0. The number of amides is 1. The lowest BCUT2D eigenvalue weighted by molar-refractivity contribution is -0.132. The molecule has 166 valence electrons. The Bertz CT molecular complexity index is 1290. The van der Waals surface area contributed by atoms with E-state index in [4.69, 9.17) is 4.74 Å². The van der Waals surface area contributed by atoms with Crippen molar-refractivity contribution in [3.63, 3.8) is 0 Å². The number of ether oxygens (including phenoxy) is 1. The highest BCUT2D eigenvalue weighted by Crippen LogP contribution is 2.42. The van der Waals surface area contributed by atoms with Gasteiger partial charge in [-0.2, -0.15) is 0 Å². The van der Waals surface area contributed by atoms with Crippen LogP contribution in [0.5, 0.6) is 5.75 Å². The number of Topliss-reactive ketones (excluding diaryl/α,β-unsaturated/α-hetero) is 1. The van der Waals surface area contributed by atoms with E-state index in [0.29, 0.717) is 30.2 Å². The van der Waals surface area contributed by atoms with Crippen LogP contribution in [-0.4, -0.2) is 42.0 Å². The fourth-order valence-electron chi connectivity index (χ4n) is 4.20. The first-order chi connectivity index (χ1) is 16.0. The molecular formula is C25H20FN3O4. The Morgan fingerprint density at radius 1 is 1.12 bits per heavy atom. The second-order valence-corrected chi connectivity index (χ2v) is 7.86. The predicted octanol–water partition coefficient (Wildman–Crippen LogP) is 3.68. The van der Waals surface area contributed by atoms with Gasteiger partial charge in [0.15, 0.2) is 0 Å². The zero-order chi connectivity index (χ0) is 23.1. The number of benzene rings is 2.